The van der Waals surface area contributed by atoms with Crippen LogP contribution in [0.1, 0.15) is 22.3 Å². The lowest BCUT2D eigenvalue weighted by Crippen LogP contribution is -2.48. The van der Waals surface area contributed by atoms with Crippen LogP contribution >= 0.6 is 11.8 Å². The van der Waals surface area contributed by atoms with Gasteiger partial charge in [-0.1, -0.05) is 48.5 Å². The summed E-state index contributed by atoms with van der Waals surface area (Å²) in [4.78, 5) is 14.7. The molecule has 0 spiro atoms. The third kappa shape index (κ3) is 4.65. The van der Waals surface area contributed by atoms with Gasteiger partial charge in [0.1, 0.15) is 0 Å². The maximum absolute atomic E-state index is 12.5. The van der Waals surface area contributed by atoms with E-state index < -0.39 is 0 Å². The van der Waals surface area contributed by atoms with Gasteiger partial charge < -0.3 is 5.32 Å². The highest BCUT2D eigenvalue weighted by Crippen LogP contribution is 2.22. The van der Waals surface area contributed by atoms with Crippen LogP contribution in [-0.4, -0.2) is 36.2 Å². The second kappa shape index (κ2) is 8.54. The third-order valence-electron chi connectivity index (χ3n) is 4.85. The summed E-state index contributed by atoms with van der Waals surface area (Å²) in [5, 5.41) is 3.11. The zero-order valence-electron chi connectivity index (χ0n) is 15.0. The van der Waals surface area contributed by atoms with Crippen LogP contribution in [0, 0.1) is 6.92 Å². The average Bonchev–Trinajstić information content (AvgIpc) is 2.62. The van der Waals surface area contributed by atoms with E-state index in [1.807, 2.05) is 18.8 Å². The molecular weight excluding hydrogens is 328 g/mol. The molecule has 3 rings (SSSR count). The molecule has 1 amide bonds. The van der Waals surface area contributed by atoms with Gasteiger partial charge in [0, 0.05) is 24.6 Å². The van der Waals surface area contributed by atoms with Crippen LogP contribution < -0.4 is 5.32 Å². The fourth-order valence-electron chi connectivity index (χ4n) is 3.27. The minimum absolute atomic E-state index is 0.0590. The summed E-state index contributed by atoms with van der Waals surface area (Å²) in [5.74, 6) is 2.08. The number of thioether (sulfide) groups is 1. The Hall–Kier alpha value is -1.78. The highest BCUT2D eigenvalue weighted by Gasteiger charge is 2.28. The largest absolute Gasteiger partial charge is 0.354 e. The number of likely N-dealkylation sites (N-methyl/N-ethyl adjacent to an activating group) is 1. The number of hydrogen-bond donors (Lipinski definition) is 1. The first kappa shape index (κ1) is 18.0. The van der Waals surface area contributed by atoms with E-state index >= 15 is 0 Å². The first-order valence-corrected chi connectivity index (χ1v) is 9.97. The lowest BCUT2D eigenvalue weighted by molar-refractivity contribution is -0.126. The molecule has 0 saturated carbocycles. The van der Waals surface area contributed by atoms with E-state index in [2.05, 4.69) is 65.7 Å². The zero-order valence-corrected chi connectivity index (χ0v) is 15.8. The molecule has 0 radical (unpaired) electrons. The average molecular weight is 355 g/mol. The van der Waals surface area contributed by atoms with E-state index in [4.69, 9.17) is 0 Å². The van der Waals surface area contributed by atoms with E-state index in [9.17, 15) is 4.79 Å². The Morgan fingerprint density at radius 2 is 1.88 bits per heavy atom. The molecule has 0 saturated heterocycles. The van der Waals surface area contributed by atoms with E-state index in [0.29, 0.717) is 0 Å². The topological polar surface area (TPSA) is 32.3 Å². The molecule has 132 valence electrons. The Balaban J connectivity index is 1.43. The minimum Gasteiger partial charge on any atom is -0.354 e. The van der Waals surface area contributed by atoms with Crippen molar-refractivity contribution in [1.29, 1.82) is 0 Å². The van der Waals surface area contributed by atoms with Crippen molar-refractivity contribution < 1.29 is 4.79 Å². The smallest absolute Gasteiger partial charge is 0.237 e. The van der Waals surface area contributed by atoms with Crippen molar-refractivity contribution in [3.05, 3.63) is 70.8 Å². The zero-order chi connectivity index (χ0) is 17.6. The summed E-state index contributed by atoms with van der Waals surface area (Å²) in [5.41, 5.74) is 5.35. The fraction of sp³-hybridized carbons (Fsp3) is 0.381. The van der Waals surface area contributed by atoms with Crippen LogP contribution in [0.2, 0.25) is 0 Å². The van der Waals surface area contributed by atoms with Gasteiger partial charge >= 0.3 is 0 Å². The number of carbonyl (C=O) groups excluding carboxylic acids is 1. The van der Waals surface area contributed by atoms with Gasteiger partial charge in [0.15, 0.2) is 0 Å². The number of nitrogens with zero attached hydrogens (tertiary/aromatic N) is 1. The number of fused-ring (bicyclic) bond motifs is 1. The molecule has 1 atom stereocenters. The first-order chi connectivity index (χ1) is 12.1. The fourth-order valence-corrected chi connectivity index (χ4v) is 4.20. The molecule has 0 bridgehead atoms. The highest BCUT2D eigenvalue weighted by atomic mass is 32.2. The van der Waals surface area contributed by atoms with Crippen molar-refractivity contribution in [2.24, 2.45) is 0 Å². The van der Waals surface area contributed by atoms with Crippen LogP contribution in [0.5, 0.6) is 0 Å². The Kier molecular flexibility index (Phi) is 6.16. The Morgan fingerprint density at radius 3 is 2.68 bits per heavy atom. The van der Waals surface area contributed by atoms with Crippen molar-refractivity contribution in [1.82, 2.24) is 10.2 Å². The van der Waals surface area contributed by atoms with Crippen molar-refractivity contribution >= 4 is 17.7 Å². The van der Waals surface area contributed by atoms with Crippen molar-refractivity contribution in [3.63, 3.8) is 0 Å². The van der Waals surface area contributed by atoms with Gasteiger partial charge in [-0.2, -0.15) is 11.8 Å². The molecular formula is C21H26N2OS. The molecule has 3 nitrogen and oxygen atoms in total. The molecule has 1 heterocycles. The van der Waals surface area contributed by atoms with E-state index in [-0.39, 0.29) is 11.9 Å². The van der Waals surface area contributed by atoms with Crippen LogP contribution in [0.15, 0.2) is 48.5 Å². The third-order valence-corrected chi connectivity index (χ3v) is 5.86. The van der Waals surface area contributed by atoms with Crippen molar-refractivity contribution in [3.8, 4) is 0 Å². The summed E-state index contributed by atoms with van der Waals surface area (Å²) >= 11 is 1.87. The Bertz CT molecular complexity index is 731. The number of rotatable bonds is 6. The Labute approximate surface area is 154 Å². The maximum atomic E-state index is 12.5. The van der Waals surface area contributed by atoms with Crippen LogP contribution in [0.3, 0.4) is 0 Å². The number of nitrogens with one attached hydrogen (secondary N) is 1. The molecule has 2 aromatic carbocycles. The predicted octanol–water partition coefficient (Wildman–Crippen LogP) is 3.40. The van der Waals surface area contributed by atoms with Gasteiger partial charge in [0.25, 0.3) is 0 Å². The molecule has 1 aliphatic heterocycles. The van der Waals surface area contributed by atoms with Crippen LogP contribution in [0.25, 0.3) is 0 Å². The molecule has 1 aliphatic rings. The van der Waals surface area contributed by atoms with Gasteiger partial charge in [-0.3, -0.25) is 9.69 Å². The highest BCUT2D eigenvalue weighted by molar-refractivity contribution is 7.98. The van der Waals surface area contributed by atoms with E-state index in [1.54, 1.807) is 0 Å². The normalized spacial score (nSPS) is 17.1. The van der Waals surface area contributed by atoms with Gasteiger partial charge in [-0.05, 0) is 42.6 Å². The van der Waals surface area contributed by atoms with Crippen molar-refractivity contribution in [2.75, 3.05) is 19.3 Å². The van der Waals surface area contributed by atoms with Crippen LogP contribution in [-0.2, 0) is 23.5 Å². The molecule has 25 heavy (non-hydrogen) atoms. The number of aryl methyl sites for hydroxylation is 1. The van der Waals surface area contributed by atoms with Gasteiger partial charge in [-0.25, -0.2) is 0 Å². The lowest BCUT2D eigenvalue weighted by Gasteiger charge is -2.33. The molecule has 0 aliphatic carbocycles. The van der Waals surface area contributed by atoms with E-state index in [0.717, 1.165) is 31.0 Å². The molecule has 0 aromatic heterocycles. The molecule has 1 N–H and O–H groups in total. The molecule has 1 unspecified atom stereocenters. The predicted molar refractivity (Wildman–Crippen MR) is 106 cm³/mol. The SMILES string of the molecule is Cc1ccccc1CSCCNC(=O)C1Cc2ccccc2CN1C. The quantitative estimate of drug-likeness (QED) is 0.807. The second-order valence-electron chi connectivity index (χ2n) is 6.67. The summed E-state index contributed by atoms with van der Waals surface area (Å²) in [6, 6.07) is 16.8. The monoisotopic (exact) mass is 354 g/mol. The van der Waals surface area contributed by atoms with Gasteiger partial charge in [0.2, 0.25) is 5.91 Å². The number of benzene rings is 2. The number of carbonyl (C=O) groups is 1. The van der Waals surface area contributed by atoms with Gasteiger partial charge in [0.05, 0.1) is 6.04 Å². The van der Waals surface area contributed by atoms with E-state index in [1.165, 1.54) is 22.3 Å². The number of hydrogen-bond acceptors (Lipinski definition) is 3. The summed E-state index contributed by atoms with van der Waals surface area (Å²) in [6.07, 6.45) is 0.800. The summed E-state index contributed by atoms with van der Waals surface area (Å²) < 4.78 is 0. The summed E-state index contributed by atoms with van der Waals surface area (Å²) in [7, 11) is 2.03. The van der Waals surface area contributed by atoms with Gasteiger partial charge in [-0.15, -0.1) is 0 Å². The Morgan fingerprint density at radius 1 is 1.16 bits per heavy atom. The minimum atomic E-state index is -0.0590. The maximum Gasteiger partial charge on any atom is 0.237 e. The standard InChI is InChI=1S/C21H26N2OS/c1-16-7-3-4-10-19(16)15-25-12-11-22-21(24)20-13-17-8-5-6-9-18(17)14-23(20)2/h3-10,20H,11-15H2,1-2H3,(H,22,24). The molecule has 0 fully saturated rings. The summed E-state index contributed by atoms with van der Waals surface area (Å²) in [6.45, 7) is 3.71. The molecule has 2 aromatic rings. The first-order valence-electron chi connectivity index (χ1n) is 8.82. The lowest BCUT2D eigenvalue weighted by atomic mass is 9.94. The van der Waals surface area contributed by atoms with Crippen LogP contribution in [0.4, 0.5) is 0 Å². The second-order valence-corrected chi connectivity index (χ2v) is 7.78. The number of amides is 1. The molecule has 4 heteroatoms. The van der Waals surface area contributed by atoms with Crippen molar-refractivity contribution in [2.45, 2.75) is 31.7 Å².